The van der Waals surface area contributed by atoms with Crippen LogP contribution in [0.15, 0.2) is 53.4 Å². The summed E-state index contributed by atoms with van der Waals surface area (Å²) in [6.07, 6.45) is 0.414. The van der Waals surface area contributed by atoms with Crippen molar-refractivity contribution in [3.05, 3.63) is 54.1 Å². The third-order valence-electron chi connectivity index (χ3n) is 5.66. The van der Waals surface area contributed by atoms with E-state index >= 15 is 0 Å². The SMILES string of the molecule is COc1ccccc1N(C)S(=O)(=O)c1ccc(C(=O)N(CC(C)C)[C@@H]2CCS(=O)(=O)C2)cc1. The fourth-order valence-corrected chi connectivity index (χ4v) is 6.86. The molecule has 0 unspecified atom stereocenters. The maximum absolute atomic E-state index is 13.2. The highest BCUT2D eigenvalue weighted by molar-refractivity contribution is 7.92. The van der Waals surface area contributed by atoms with Gasteiger partial charge in [-0.1, -0.05) is 26.0 Å². The molecule has 8 nitrogen and oxygen atoms in total. The monoisotopic (exact) mass is 494 g/mol. The molecule has 1 heterocycles. The molecule has 0 radical (unpaired) electrons. The lowest BCUT2D eigenvalue weighted by atomic mass is 10.1. The van der Waals surface area contributed by atoms with Gasteiger partial charge in [-0.25, -0.2) is 16.8 Å². The standard InChI is InChI=1S/C23H30N2O6S2/c1-17(2)15-25(19-13-14-32(27,28)16-19)23(26)18-9-11-20(12-10-18)33(29,30)24(3)21-7-5-6-8-22(21)31-4/h5-12,17,19H,13-16H2,1-4H3/t19-/m1/s1. The van der Waals surface area contributed by atoms with Gasteiger partial charge in [0.25, 0.3) is 15.9 Å². The van der Waals surface area contributed by atoms with Crippen molar-refractivity contribution in [3.63, 3.8) is 0 Å². The van der Waals surface area contributed by atoms with E-state index in [0.717, 1.165) is 4.31 Å². The number of methoxy groups -OCH3 is 1. The van der Waals surface area contributed by atoms with Crippen LogP contribution >= 0.6 is 0 Å². The smallest absolute Gasteiger partial charge is 0.264 e. The maximum Gasteiger partial charge on any atom is 0.264 e. The molecule has 2 aromatic carbocycles. The second kappa shape index (κ2) is 9.72. The number of carbonyl (C=O) groups excluding carboxylic acids is 1. The zero-order chi connectivity index (χ0) is 24.4. The van der Waals surface area contributed by atoms with E-state index in [2.05, 4.69) is 0 Å². The largest absolute Gasteiger partial charge is 0.495 e. The predicted molar refractivity (Wildman–Crippen MR) is 128 cm³/mol. The van der Waals surface area contributed by atoms with Crippen LogP contribution in [0.1, 0.15) is 30.6 Å². The summed E-state index contributed by atoms with van der Waals surface area (Å²) in [6.45, 7) is 4.36. The first-order valence-corrected chi connectivity index (χ1v) is 14.0. The number of amides is 1. The van der Waals surface area contributed by atoms with Crippen LogP contribution in [0.25, 0.3) is 0 Å². The Labute approximate surface area is 196 Å². The molecule has 0 aliphatic carbocycles. The van der Waals surface area contributed by atoms with Gasteiger partial charge in [-0.15, -0.1) is 0 Å². The summed E-state index contributed by atoms with van der Waals surface area (Å²) in [4.78, 5) is 14.9. The van der Waals surface area contributed by atoms with Crippen LogP contribution in [-0.2, 0) is 19.9 Å². The van der Waals surface area contributed by atoms with Crippen molar-refractivity contribution in [2.75, 3.05) is 36.5 Å². The number of benzene rings is 2. The molecule has 1 aliphatic heterocycles. The zero-order valence-corrected chi connectivity index (χ0v) is 20.9. The number of ether oxygens (including phenoxy) is 1. The van der Waals surface area contributed by atoms with E-state index in [4.69, 9.17) is 4.74 Å². The van der Waals surface area contributed by atoms with E-state index in [0.29, 0.717) is 30.0 Å². The zero-order valence-electron chi connectivity index (χ0n) is 19.3. The summed E-state index contributed by atoms with van der Waals surface area (Å²) in [5.74, 6) is 0.318. The fraction of sp³-hybridized carbons (Fsp3) is 0.435. The molecule has 0 saturated carbocycles. The van der Waals surface area contributed by atoms with Gasteiger partial charge in [0, 0.05) is 25.2 Å². The molecular weight excluding hydrogens is 464 g/mol. The molecule has 0 N–H and O–H groups in total. The van der Waals surface area contributed by atoms with Gasteiger partial charge in [0.2, 0.25) is 0 Å². The summed E-state index contributed by atoms with van der Waals surface area (Å²) >= 11 is 0. The quantitative estimate of drug-likeness (QED) is 0.559. The first-order chi connectivity index (χ1) is 15.5. The van der Waals surface area contributed by atoms with Gasteiger partial charge in [0.05, 0.1) is 29.2 Å². The summed E-state index contributed by atoms with van der Waals surface area (Å²) in [5, 5.41) is 0. The van der Waals surface area contributed by atoms with Crippen molar-refractivity contribution in [2.45, 2.75) is 31.2 Å². The Bertz CT molecular complexity index is 1210. The van der Waals surface area contributed by atoms with Crippen molar-refractivity contribution >= 4 is 31.5 Å². The second-order valence-electron chi connectivity index (χ2n) is 8.58. The lowest BCUT2D eigenvalue weighted by Gasteiger charge is -2.30. The minimum Gasteiger partial charge on any atom is -0.495 e. The number of sulfonamides is 1. The van der Waals surface area contributed by atoms with E-state index in [-0.39, 0.29) is 34.3 Å². The van der Waals surface area contributed by atoms with Crippen LogP contribution < -0.4 is 9.04 Å². The molecular formula is C23H30N2O6S2. The Morgan fingerprint density at radius 3 is 2.30 bits per heavy atom. The molecule has 0 spiro atoms. The average Bonchev–Trinajstić information content (AvgIpc) is 3.15. The summed E-state index contributed by atoms with van der Waals surface area (Å²) < 4.78 is 56.6. The Morgan fingerprint density at radius 2 is 1.76 bits per heavy atom. The van der Waals surface area contributed by atoms with Gasteiger partial charge in [-0.3, -0.25) is 9.10 Å². The first-order valence-electron chi connectivity index (χ1n) is 10.7. The van der Waals surface area contributed by atoms with Crippen LogP contribution in [0.5, 0.6) is 5.75 Å². The number of rotatable bonds is 8. The van der Waals surface area contributed by atoms with Crippen LogP contribution in [-0.4, -0.2) is 65.9 Å². The minimum atomic E-state index is -3.89. The Kier molecular flexibility index (Phi) is 7.38. The Hall–Kier alpha value is -2.59. The second-order valence-corrected chi connectivity index (χ2v) is 12.8. The highest BCUT2D eigenvalue weighted by Crippen LogP contribution is 2.31. The van der Waals surface area contributed by atoms with Crippen LogP contribution in [0.4, 0.5) is 5.69 Å². The molecule has 10 heteroatoms. The lowest BCUT2D eigenvalue weighted by molar-refractivity contribution is 0.0672. The number of sulfone groups is 1. The van der Waals surface area contributed by atoms with Crippen molar-refractivity contribution in [2.24, 2.45) is 5.92 Å². The van der Waals surface area contributed by atoms with Crippen molar-refractivity contribution in [1.82, 2.24) is 4.90 Å². The number of anilines is 1. The number of carbonyl (C=O) groups is 1. The molecule has 0 bridgehead atoms. The number of hydrogen-bond donors (Lipinski definition) is 0. The molecule has 2 aromatic rings. The highest BCUT2D eigenvalue weighted by Gasteiger charge is 2.35. The topological polar surface area (TPSA) is 101 Å². The van der Waals surface area contributed by atoms with Crippen molar-refractivity contribution in [3.8, 4) is 5.75 Å². The first kappa shape index (κ1) is 25.0. The van der Waals surface area contributed by atoms with Gasteiger partial charge in [0.15, 0.2) is 9.84 Å². The minimum absolute atomic E-state index is 0.0336. The van der Waals surface area contributed by atoms with Crippen molar-refractivity contribution in [1.29, 1.82) is 0 Å². The molecule has 1 fully saturated rings. The Balaban J connectivity index is 1.86. The average molecular weight is 495 g/mol. The van der Waals surface area contributed by atoms with Gasteiger partial charge in [-0.2, -0.15) is 0 Å². The van der Waals surface area contributed by atoms with Gasteiger partial charge < -0.3 is 9.64 Å². The van der Waals surface area contributed by atoms with E-state index in [1.807, 2.05) is 13.8 Å². The molecule has 1 amide bonds. The van der Waals surface area contributed by atoms with E-state index in [1.165, 1.54) is 38.4 Å². The third kappa shape index (κ3) is 5.50. The van der Waals surface area contributed by atoms with Crippen LogP contribution in [0.2, 0.25) is 0 Å². The molecule has 3 rings (SSSR count). The molecule has 1 saturated heterocycles. The van der Waals surface area contributed by atoms with Gasteiger partial charge in [0.1, 0.15) is 5.75 Å². The number of para-hydroxylation sites is 2. The predicted octanol–water partition coefficient (Wildman–Crippen LogP) is 2.81. The molecule has 180 valence electrons. The van der Waals surface area contributed by atoms with Gasteiger partial charge >= 0.3 is 0 Å². The maximum atomic E-state index is 13.2. The molecule has 33 heavy (non-hydrogen) atoms. The van der Waals surface area contributed by atoms with Crippen LogP contribution in [0.3, 0.4) is 0 Å². The third-order valence-corrected chi connectivity index (χ3v) is 9.19. The van der Waals surface area contributed by atoms with E-state index in [1.54, 1.807) is 29.2 Å². The summed E-state index contributed by atoms with van der Waals surface area (Å²) in [5.41, 5.74) is 0.713. The summed E-state index contributed by atoms with van der Waals surface area (Å²) in [6, 6.07) is 12.2. The van der Waals surface area contributed by atoms with E-state index in [9.17, 15) is 21.6 Å². The fourth-order valence-electron chi connectivity index (χ4n) is 3.93. The number of hydrogen-bond acceptors (Lipinski definition) is 6. The normalized spacial score (nSPS) is 17.7. The van der Waals surface area contributed by atoms with Gasteiger partial charge in [-0.05, 0) is 48.7 Å². The molecule has 1 atom stereocenters. The molecule has 1 aliphatic rings. The Morgan fingerprint density at radius 1 is 1.12 bits per heavy atom. The number of nitrogens with zero attached hydrogens (tertiary/aromatic N) is 2. The summed E-state index contributed by atoms with van der Waals surface area (Å²) in [7, 11) is -4.12. The highest BCUT2D eigenvalue weighted by atomic mass is 32.2. The van der Waals surface area contributed by atoms with Crippen molar-refractivity contribution < 1.29 is 26.4 Å². The lowest BCUT2D eigenvalue weighted by Crippen LogP contribution is -2.43. The molecule has 0 aromatic heterocycles. The van der Waals surface area contributed by atoms with E-state index < -0.39 is 19.9 Å². The van der Waals surface area contributed by atoms with Crippen LogP contribution in [0, 0.1) is 5.92 Å².